The second-order valence-corrected chi connectivity index (χ2v) is 4.33. The molecule has 2 aromatic rings. The highest BCUT2D eigenvalue weighted by Crippen LogP contribution is 2.22. The van der Waals surface area contributed by atoms with Crippen LogP contribution in [0.3, 0.4) is 0 Å². The van der Waals surface area contributed by atoms with Crippen LogP contribution in [0.1, 0.15) is 12.8 Å². The van der Waals surface area contributed by atoms with Crippen LogP contribution in [0, 0.1) is 0 Å². The second-order valence-electron chi connectivity index (χ2n) is 4.33. The Morgan fingerprint density at radius 3 is 2.58 bits per heavy atom. The average molecular weight is 270 g/mol. The Morgan fingerprint density at radius 1 is 1.21 bits per heavy atom. The summed E-state index contributed by atoms with van der Waals surface area (Å²) in [6.45, 7) is -0.0327. The largest absolute Gasteiger partial charge is 0.389 e. The van der Waals surface area contributed by atoms with Crippen LogP contribution in [0.2, 0.25) is 0 Å². The molecule has 2 rings (SSSR count). The summed E-state index contributed by atoms with van der Waals surface area (Å²) in [7, 11) is 0. The molecule has 6 heteroatoms. The van der Waals surface area contributed by atoms with Gasteiger partial charge >= 0.3 is 6.18 Å². The predicted molar refractivity (Wildman–Crippen MR) is 67.9 cm³/mol. The molecule has 1 aromatic carbocycles. The lowest BCUT2D eigenvalue weighted by molar-refractivity contribution is -0.135. The fraction of sp³-hybridized carbons (Fsp3) is 0.308. The number of halogens is 3. The first-order valence-electron chi connectivity index (χ1n) is 5.83. The summed E-state index contributed by atoms with van der Waals surface area (Å²) in [4.78, 5) is 12.1. The third-order valence-corrected chi connectivity index (χ3v) is 2.89. The molecule has 0 saturated heterocycles. The molecule has 1 heterocycles. The fourth-order valence-electron chi connectivity index (χ4n) is 1.99. The zero-order valence-corrected chi connectivity index (χ0v) is 10.1. The highest BCUT2D eigenvalue weighted by Gasteiger charge is 2.26. The van der Waals surface area contributed by atoms with Crippen LogP contribution >= 0.6 is 0 Å². The van der Waals surface area contributed by atoms with Crippen molar-refractivity contribution in [2.24, 2.45) is 0 Å². The van der Waals surface area contributed by atoms with E-state index in [0.717, 1.165) is 0 Å². The van der Waals surface area contributed by atoms with Gasteiger partial charge in [-0.25, -0.2) is 0 Å². The van der Waals surface area contributed by atoms with Crippen molar-refractivity contribution in [2.45, 2.75) is 25.6 Å². The zero-order valence-electron chi connectivity index (χ0n) is 10.1. The molecule has 0 amide bonds. The van der Waals surface area contributed by atoms with Gasteiger partial charge in [-0.05, 0) is 23.9 Å². The maximum Gasteiger partial charge on any atom is 0.389 e. The number of aromatic nitrogens is 1. The van der Waals surface area contributed by atoms with Crippen LogP contribution in [0.4, 0.5) is 19.0 Å². The van der Waals surface area contributed by atoms with Crippen molar-refractivity contribution in [1.82, 2.24) is 4.57 Å². The van der Waals surface area contributed by atoms with Crippen molar-refractivity contribution >= 4 is 16.6 Å². The molecule has 0 spiro atoms. The number of nitrogens with two attached hydrogens (primary N) is 1. The van der Waals surface area contributed by atoms with Gasteiger partial charge in [-0.3, -0.25) is 9.36 Å². The lowest BCUT2D eigenvalue weighted by atomic mass is 10.1. The monoisotopic (exact) mass is 270 g/mol. The SMILES string of the molecule is Nc1cc2ccccc2c(=O)n1CCCC(F)(F)F. The van der Waals surface area contributed by atoms with E-state index in [2.05, 4.69) is 0 Å². The number of anilines is 1. The van der Waals surface area contributed by atoms with Gasteiger partial charge in [-0.2, -0.15) is 13.2 Å². The van der Waals surface area contributed by atoms with Crippen molar-refractivity contribution in [3.8, 4) is 0 Å². The molecule has 0 unspecified atom stereocenters. The third-order valence-electron chi connectivity index (χ3n) is 2.89. The summed E-state index contributed by atoms with van der Waals surface area (Å²) >= 11 is 0. The molecule has 102 valence electrons. The zero-order chi connectivity index (χ0) is 14.0. The summed E-state index contributed by atoms with van der Waals surface area (Å²) in [5.74, 6) is 0.186. The number of nitrogen functional groups attached to an aromatic ring is 1. The van der Waals surface area contributed by atoms with Crippen LogP contribution in [0.5, 0.6) is 0 Å². The molecule has 0 aliphatic rings. The van der Waals surface area contributed by atoms with Gasteiger partial charge in [0.2, 0.25) is 0 Å². The Hall–Kier alpha value is -1.98. The quantitative estimate of drug-likeness (QED) is 0.932. The van der Waals surface area contributed by atoms with Crippen molar-refractivity contribution in [1.29, 1.82) is 0 Å². The minimum absolute atomic E-state index is 0.0327. The predicted octanol–water partition coefficient (Wildman–Crippen LogP) is 2.93. The summed E-state index contributed by atoms with van der Waals surface area (Å²) in [6.07, 6.45) is -5.30. The fourth-order valence-corrected chi connectivity index (χ4v) is 1.99. The number of hydrogen-bond donors (Lipinski definition) is 1. The van der Waals surface area contributed by atoms with Gasteiger partial charge in [0.25, 0.3) is 5.56 Å². The molecule has 0 bridgehead atoms. The van der Waals surface area contributed by atoms with Gasteiger partial charge in [-0.1, -0.05) is 18.2 Å². The first-order valence-corrected chi connectivity index (χ1v) is 5.83. The number of benzene rings is 1. The maximum absolute atomic E-state index is 12.1. The third kappa shape index (κ3) is 3.07. The van der Waals surface area contributed by atoms with Crippen molar-refractivity contribution < 1.29 is 13.2 Å². The molecule has 1 aromatic heterocycles. The first kappa shape index (κ1) is 13.5. The smallest absolute Gasteiger partial charge is 0.385 e. The Balaban J connectivity index is 2.31. The van der Waals surface area contributed by atoms with Gasteiger partial charge in [0.05, 0.1) is 0 Å². The number of hydrogen-bond acceptors (Lipinski definition) is 2. The number of pyridine rings is 1. The van der Waals surface area contributed by atoms with E-state index in [4.69, 9.17) is 5.73 Å². The maximum atomic E-state index is 12.1. The topological polar surface area (TPSA) is 48.0 Å². The summed E-state index contributed by atoms with van der Waals surface area (Å²) in [5, 5.41) is 1.15. The van der Waals surface area contributed by atoms with Gasteiger partial charge in [0.15, 0.2) is 0 Å². The van der Waals surface area contributed by atoms with Crippen LogP contribution in [-0.4, -0.2) is 10.7 Å². The van der Waals surface area contributed by atoms with E-state index in [1.165, 1.54) is 4.57 Å². The van der Waals surface area contributed by atoms with E-state index in [1.807, 2.05) is 0 Å². The Kier molecular flexibility index (Phi) is 3.50. The second kappa shape index (κ2) is 4.95. The number of nitrogens with zero attached hydrogens (tertiary/aromatic N) is 1. The molecule has 0 atom stereocenters. The van der Waals surface area contributed by atoms with Crippen LogP contribution in [-0.2, 0) is 6.54 Å². The van der Waals surface area contributed by atoms with Gasteiger partial charge < -0.3 is 5.73 Å². The highest BCUT2D eigenvalue weighted by atomic mass is 19.4. The van der Waals surface area contributed by atoms with Crippen LogP contribution < -0.4 is 11.3 Å². The Bertz CT molecular complexity index is 646. The van der Waals surface area contributed by atoms with Crippen molar-refractivity contribution in [2.75, 3.05) is 5.73 Å². The normalized spacial score (nSPS) is 11.9. The van der Waals surface area contributed by atoms with Crippen molar-refractivity contribution in [3.05, 3.63) is 40.7 Å². The lowest BCUT2D eigenvalue weighted by Gasteiger charge is -2.12. The molecule has 0 radical (unpaired) electrons. The average Bonchev–Trinajstić information content (AvgIpc) is 2.32. The minimum atomic E-state index is -4.21. The number of fused-ring (bicyclic) bond motifs is 1. The van der Waals surface area contributed by atoms with E-state index >= 15 is 0 Å². The molecule has 2 N–H and O–H groups in total. The molecule has 0 aliphatic heterocycles. The molecule has 19 heavy (non-hydrogen) atoms. The molecular weight excluding hydrogens is 257 g/mol. The Morgan fingerprint density at radius 2 is 1.89 bits per heavy atom. The molecule has 0 aliphatic carbocycles. The standard InChI is InChI=1S/C13H13F3N2O/c14-13(15,16)6-3-7-18-11(17)8-9-4-1-2-5-10(9)12(18)19/h1-2,4-5,8H,3,6-7,17H2. The van der Waals surface area contributed by atoms with Gasteiger partial charge in [-0.15, -0.1) is 0 Å². The van der Waals surface area contributed by atoms with E-state index in [-0.39, 0.29) is 24.3 Å². The molecule has 0 saturated carbocycles. The Labute approximate surface area is 107 Å². The first-order chi connectivity index (χ1) is 8.88. The summed E-state index contributed by atoms with van der Waals surface area (Å²) in [5.41, 5.74) is 5.37. The van der Waals surface area contributed by atoms with Crippen LogP contribution in [0.15, 0.2) is 35.1 Å². The summed E-state index contributed by atoms with van der Waals surface area (Å²) < 4.78 is 37.5. The van der Waals surface area contributed by atoms with Crippen LogP contribution in [0.25, 0.3) is 10.8 Å². The van der Waals surface area contributed by atoms with E-state index < -0.39 is 12.6 Å². The molecular formula is C13H13F3N2O. The summed E-state index contributed by atoms with van der Waals surface area (Å²) in [6, 6.07) is 8.46. The van der Waals surface area contributed by atoms with E-state index in [0.29, 0.717) is 10.8 Å². The molecule has 3 nitrogen and oxygen atoms in total. The minimum Gasteiger partial charge on any atom is -0.385 e. The number of rotatable bonds is 3. The van der Waals surface area contributed by atoms with Gasteiger partial charge in [0, 0.05) is 18.4 Å². The number of alkyl halides is 3. The highest BCUT2D eigenvalue weighted by molar-refractivity contribution is 5.83. The van der Waals surface area contributed by atoms with E-state index in [9.17, 15) is 18.0 Å². The van der Waals surface area contributed by atoms with Gasteiger partial charge in [0.1, 0.15) is 5.82 Å². The molecule has 0 fully saturated rings. The lowest BCUT2D eigenvalue weighted by Crippen LogP contribution is -2.24. The van der Waals surface area contributed by atoms with Crippen molar-refractivity contribution in [3.63, 3.8) is 0 Å². The van der Waals surface area contributed by atoms with E-state index in [1.54, 1.807) is 30.3 Å².